The number of aliphatic hydroxyl groups is 1. The predicted octanol–water partition coefficient (Wildman–Crippen LogP) is 1.53. The second kappa shape index (κ2) is 3.02. The van der Waals surface area contributed by atoms with Gasteiger partial charge in [-0.25, -0.2) is 0 Å². The first-order valence-electron chi connectivity index (χ1n) is 3.52. The molecule has 1 heteroatoms. The van der Waals surface area contributed by atoms with E-state index in [1.807, 2.05) is 0 Å². The summed E-state index contributed by atoms with van der Waals surface area (Å²) in [7, 11) is 0. The Kier molecular flexibility index (Phi) is 2.29. The Morgan fingerprint density at radius 3 is 3.00 bits per heavy atom. The third-order valence-electron chi connectivity index (χ3n) is 1.83. The molecule has 1 nitrogen and oxygen atoms in total. The molecule has 0 aromatic rings. The number of hydrogen-bond donors (Lipinski definition) is 1. The third-order valence-corrected chi connectivity index (χ3v) is 1.83. The molecule has 1 rings (SSSR count). The summed E-state index contributed by atoms with van der Waals surface area (Å²) in [6, 6.07) is 0. The highest BCUT2D eigenvalue weighted by atomic mass is 16.3. The molecule has 0 fully saturated rings. The molecule has 0 spiro atoms. The summed E-state index contributed by atoms with van der Waals surface area (Å²) < 4.78 is 0. The molecular formula is C8H13O. The number of hydrogen-bond acceptors (Lipinski definition) is 1. The summed E-state index contributed by atoms with van der Waals surface area (Å²) in [6.45, 7) is 2.44. The van der Waals surface area contributed by atoms with Crippen LogP contribution in [0.1, 0.15) is 26.2 Å². The van der Waals surface area contributed by atoms with Gasteiger partial charge in [0.05, 0.1) is 6.61 Å². The molecule has 0 bridgehead atoms. The SMILES string of the molecule is CC1C[C]=C(CO)CC1. The summed E-state index contributed by atoms with van der Waals surface area (Å²) in [4.78, 5) is 0. The van der Waals surface area contributed by atoms with Crippen molar-refractivity contribution in [1.29, 1.82) is 0 Å². The minimum absolute atomic E-state index is 0.215. The quantitative estimate of drug-likeness (QED) is 0.563. The van der Waals surface area contributed by atoms with Crippen LogP contribution in [-0.2, 0) is 0 Å². The molecule has 1 N–H and O–H groups in total. The molecule has 1 radical (unpaired) electrons. The van der Waals surface area contributed by atoms with Gasteiger partial charge in [0.1, 0.15) is 0 Å². The lowest BCUT2D eigenvalue weighted by Gasteiger charge is -2.15. The minimum atomic E-state index is 0.215. The van der Waals surface area contributed by atoms with E-state index >= 15 is 0 Å². The van der Waals surface area contributed by atoms with Crippen LogP contribution < -0.4 is 0 Å². The van der Waals surface area contributed by atoms with Crippen LogP contribution in [0, 0.1) is 12.0 Å². The molecular weight excluding hydrogens is 112 g/mol. The van der Waals surface area contributed by atoms with Gasteiger partial charge >= 0.3 is 0 Å². The number of aliphatic hydroxyl groups excluding tert-OH is 1. The van der Waals surface area contributed by atoms with Crippen molar-refractivity contribution >= 4 is 0 Å². The molecule has 51 valence electrons. The zero-order valence-electron chi connectivity index (χ0n) is 5.85. The molecule has 0 aromatic heterocycles. The van der Waals surface area contributed by atoms with Crippen LogP contribution in [0.3, 0.4) is 0 Å². The first-order valence-corrected chi connectivity index (χ1v) is 3.52. The Hall–Kier alpha value is -0.300. The summed E-state index contributed by atoms with van der Waals surface area (Å²) in [5.74, 6) is 0.778. The fourth-order valence-corrected chi connectivity index (χ4v) is 1.06. The van der Waals surface area contributed by atoms with Crippen molar-refractivity contribution in [3.8, 4) is 0 Å². The van der Waals surface area contributed by atoms with Gasteiger partial charge in [-0.3, -0.25) is 0 Å². The van der Waals surface area contributed by atoms with E-state index in [9.17, 15) is 0 Å². The van der Waals surface area contributed by atoms with Gasteiger partial charge in [0.25, 0.3) is 0 Å². The molecule has 1 aliphatic rings. The average Bonchev–Trinajstić information content (AvgIpc) is 1.90. The van der Waals surface area contributed by atoms with E-state index in [4.69, 9.17) is 5.11 Å². The lowest BCUT2D eigenvalue weighted by Crippen LogP contribution is -2.04. The highest BCUT2D eigenvalue weighted by molar-refractivity contribution is 5.00. The van der Waals surface area contributed by atoms with Gasteiger partial charge in [-0.2, -0.15) is 0 Å². The lowest BCUT2D eigenvalue weighted by molar-refractivity contribution is 0.316. The van der Waals surface area contributed by atoms with Crippen molar-refractivity contribution in [1.82, 2.24) is 0 Å². The number of rotatable bonds is 1. The highest BCUT2D eigenvalue weighted by Crippen LogP contribution is 2.21. The first-order chi connectivity index (χ1) is 4.33. The Labute approximate surface area is 56.4 Å². The van der Waals surface area contributed by atoms with Crippen LogP contribution in [0.2, 0.25) is 0 Å². The molecule has 0 aliphatic heterocycles. The Balaban J connectivity index is 2.40. The first kappa shape index (κ1) is 6.81. The summed E-state index contributed by atoms with van der Waals surface area (Å²) in [5, 5.41) is 8.68. The summed E-state index contributed by atoms with van der Waals surface area (Å²) >= 11 is 0. The monoisotopic (exact) mass is 125 g/mol. The highest BCUT2D eigenvalue weighted by Gasteiger charge is 2.08. The van der Waals surface area contributed by atoms with E-state index in [1.165, 1.54) is 6.42 Å². The van der Waals surface area contributed by atoms with Gasteiger partial charge in [0.2, 0.25) is 0 Å². The van der Waals surface area contributed by atoms with Crippen LogP contribution >= 0.6 is 0 Å². The standard InChI is InChI=1S/C8H13O/c1-7-2-4-8(6-9)5-3-7/h7,9H,2-4,6H2,1H3. The smallest absolute Gasteiger partial charge is 0.0647 e. The second-order valence-electron chi connectivity index (χ2n) is 2.79. The van der Waals surface area contributed by atoms with E-state index in [1.54, 1.807) is 0 Å². The van der Waals surface area contributed by atoms with E-state index in [2.05, 4.69) is 13.0 Å². The fourth-order valence-electron chi connectivity index (χ4n) is 1.06. The van der Waals surface area contributed by atoms with Gasteiger partial charge in [-0.15, -0.1) is 0 Å². The minimum Gasteiger partial charge on any atom is -0.392 e. The van der Waals surface area contributed by atoms with Crippen LogP contribution in [0.15, 0.2) is 5.57 Å². The van der Waals surface area contributed by atoms with Crippen LogP contribution in [0.5, 0.6) is 0 Å². The molecule has 0 saturated carbocycles. The van der Waals surface area contributed by atoms with E-state index in [0.717, 1.165) is 24.3 Å². The van der Waals surface area contributed by atoms with Gasteiger partial charge < -0.3 is 5.11 Å². The van der Waals surface area contributed by atoms with E-state index in [-0.39, 0.29) is 6.61 Å². The molecule has 9 heavy (non-hydrogen) atoms. The zero-order chi connectivity index (χ0) is 6.69. The molecule has 1 unspecified atom stereocenters. The van der Waals surface area contributed by atoms with Gasteiger partial charge in [-0.1, -0.05) is 6.92 Å². The zero-order valence-corrected chi connectivity index (χ0v) is 5.85. The molecule has 0 amide bonds. The van der Waals surface area contributed by atoms with Crippen molar-refractivity contribution in [2.45, 2.75) is 26.2 Å². The molecule has 1 atom stereocenters. The van der Waals surface area contributed by atoms with Gasteiger partial charge in [0, 0.05) is 0 Å². The van der Waals surface area contributed by atoms with E-state index < -0.39 is 0 Å². The second-order valence-corrected chi connectivity index (χ2v) is 2.79. The van der Waals surface area contributed by atoms with Crippen molar-refractivity contribution in [3.05, 3.63) is 11.6 Å². The van der Waals surface area contributed by atoms with Crippen LogP contribution in [0.25, 0.3) is 0 Å². The maximum absolute atomic E-state index is 8.68. The van der Waals surface area contributed by atoms with Crippen molar-refractivity contribution < 1.29 is 5.11 Å². The van der Waals surface area contributed by atoms with Gasteiger partial charge in [-0.05, 0) is 36.8 Å². The van der Waals surface area contributed by atoms with Crippen LogP contribution in [-0.4, -0.2) is 11.7 Å². The number of allylic oxidation sites excluding steroid dienone is 1. The Morgan fingerprint density at radius 1 is 1.78 bits per heavy atom. The Bertz CT molecular complexity index is 116. The van der Waals surface area contributed by atoms with Crippen molar-refractivity contribution in [3.63, 3.8) is 0 Å². The summed E-state index contributed by atoms with van der Waals surface area (Å²) in [5.41, 5.74) is 1.10. The Morgan fingerprint density at radius 2 is 2.56 bits per heavy atom. The normalized spacial score (nSPS) is 27.8. The molecule has 1 aliphatic carbocycles. The van der Waals surface area contributed by atoms with Crippen molar-refractivity contribution in [2.24, 2.45) is 5.92 Å². The van der Waals surface area contributed by atoms with Crippen LogP contribution in [0.4, 0.5) is 0 Å². The van der Waals surface area contributed by atoms with Crippen molar-refractivity contribution in [2.75, 3.05) is 6.61 Å². The predicted molar refractivity (Wildman–Crippen MR) is 36.9 cm³/mol. The fraction of sp³-hybridized carbons (Fsp3) is 0.750. The molecule has 0 heterocycles. The largest absolute Gasteiger partial charge is 0.392 e. The molecule has 0 saturated heterocycles. The van der Waals surface area contributed by atoms with Gasteiger partial charge in [0.15, 0.2) is 0 Å². The summed E-state index contributed by atoms with van der Waals surface area (Å²) in [6.07, 6.45) is 6.50. The third kappa shape index (κ3) is 1.83. The topological polar surface area (TPSA) is 20.2 Å². The van der Waals surface area contributed by atoms with E-state index in [0.29, 0.717) is 0 Å². The maximum atomic E-state index is 8.68. The lowest BCUT2D eigenvalue weighted by atomic mass is 9.92. The average molecular weight is 125 g/mol. The maximum Gasteiger partial charge on any atom is 0.0647 e. The molecule has 0 aromatic carbocycles.